The highest BCUT2D eigenvalue weighted by atomic mass is 19.1. The summed E-state index contributed by atoms with van der Waals surface area (Å²) in [4.78, 5) is 30.2. The predicted molar refractivity (Wildman–Crippen MR) is 166 cm³/mol. The quantitative estimate of drug-likeness (QED) is 0.262. The van der Waals surface area contributed by atoms with Crippen LogP contribution in [-0.4, -0.2) is 60.1 Å². The molecule has 1 aliphatic rings. The molecular formula is C33H30F2N4O8. The molecule has 0 atom stereocenters. The topological polar surface area (TPSA) is 124 Å². The summed E-state index contributed by atoms with van der Waals surface area (Å²) in [6, 6.07) is 14.1. The number of halogens is 2. The Morgan fingerprint density at radius 1 is 0.872 bits per heavy atom. The van der Waals surface area contributed by atoms with Gasteiger partial charge in [-0.15, -0.1) is 0 Å². The van der Waals surface area contributed by atoms with Crippen LogP contribution in [-0.2, 0) is 16.5 Å². The second-order valence-corrected chi connectivity index (χ2v) is 10.3. The summed E-state index contributed by atoms with van der Waals surface area (Å²) in [6.45, 7) is 3.81. The molecule has 3 heterocycles. The Kier molecular flexibility index (Phi) is 9.31. The van der Waals surface area contributed by atoms with Crippen molar-refractivity contribution in [2.75, 3.05) is 45.0 Å². The molecule has 0 radical (unpaired) electrons. The average Bonchev–Trinajstić information content (AvgIpc) is 3.25. The Balaban J connectivity index is 1.18. The zero-order chi connectivity index (χ0) is 32.9. The van der Waals surface area contributed by atoms with Crippen LogP contribution in [0, 0.1) is 18.6 Å². The highest BCUT2D eigenvalue weighted by molar-refractivity contribution is 5.89. The number of fused-ring (bicyclic) bond motifs is 2. The molecule has 1 aliphatic heterocycles. The third-order valence-electron chi connectivity index (χ3n) is 7.27. The second-order valence-electron chi connectivity index (χ2n) is 10.3. The molecule has 0 saturated heterocycles. The van der Waals surface area contributed by atoms with Crippen LogP contribution in [0.3, 0.4) is 0 Å². The Labute approximate surface area is 266 Å². The van der Waals surface area contributed by atoms with E-state index >= 15 is 4.39 Å². The first-order valence-corrected chi connectivity index (χ1v) is 14.6. The molecule has 14 heteroatoms. The first kappa shape index (κ1) is 31.5. The molecule has 6 rings (SSSR count). The van der Waals surface area contributed by atoms with Gasteiger partial charge >= 0.3 is 11.7 Å². The van der Waals surface area contributed by atoms with Crippen molar-refractivity contribution in [1.82, 2.24) is 14.3 Å². The number of rotatable bonds is 5. The van der Waals surface area contributed by atoms with Crippen molar-refractivity contribution in [2.24, 2.45) is 7.05 Å². The summed E-state index contributed by atoms with van der Waals surface area (Å²) in [5.74, 6) is -0.364. The highest BCUT2D eigenvalue weighted by Crippen LogP contribution is 2.38. The fraction of sp³-hybridized carbons (Fsp3) is 0.242. The maximum atomic E-state index is 15.3. The maximum Gasteiger partial charge on any atom is 0.417 e. The largest absolute Gasteiger partial charge is 0.487 e. The van der Waals surface area contributed by atoms with Crippen LogP contribution in [0.1, 0.15) is 5.69 Å². The van der Waals surface area contributed by atoms with Gasteiger partial charge < -0.3 is 28.4 Å². The van der Waals surface area contributed by atoms with Gasteiger partial charge in [-0.3, -0.25) is 19.8 Å². The monoisotopic (exact) mass is 648 g/mol. The summed E-state index contributed by atoms with van der Waals surface area (Å²) >= 11 is 0. The molecule has 0 bridgehead atoms. The van der Waals surface area contributed by atoms with Crippen LogP contribution in [0.4, 0.5) is 19.3 Å². The van der Waals surface area contributed by atoms with Crippen LogP contribution in [0.25, 0.3) is 16.6 Å². The lowest BCUT2D eigenvalue weighted by Gasteiger charge is -2.17. The zero-order valence-corrected chi connectivity index (χ0v) is 25.5. The molecule has 3 aromatic carbocycles. The number of amides is 1. The van der Waals surface area contributed by atoms with E-state index in [1.54, 1.807) is 32.2 Å². The Morgan fingerprint density at radius 3 is 2.26 bits per heavy atom. The molecule has 0 spiro atoms. The van der Waals surface area contributed by atoms with Crippen LogP contribution >= 0.6 is 0 Å². The Bertz CT molecular complexity index is 1980. The fourth-order valence-electron chi connectivity index (χ4n) is 4.88. The third kappa shape index (κ3) is 7.03. The van der Waals surface area contributed by atoms with E-state index in [9.17, 15) is 14.0 Å². The molecule has 0 unspecified atom stereocenters. The van der Waals surface area contributed by atoms with E-state index in [4.69, 9.17) is 28.4 Å². The molecule has 12 nitrogen and oxygen atoms in total. The lowest BCUT2D eigenvalue weighted by Crippen LogP contribution is -2.23. The summed E-state index contributed by atoms with van der Waals surface area (Å²) < 4.78 is 65.3. The van der Waals surface area contributed by atoms with Crippen molar-refractivity contribution >= 4 is 22.7 Å². The number of nitrogens with one attached hydrogen (secondary N) is 1. The SMILES string of the molecule is Cc1c(OC(=O)Nc2ccc(Oc3ccnc4cc5c(cc34)OCCOCCOCCO5)c(F)c2)c(=O)n(-c2ccc(F)cc2)n1C. The number of carbonyl (C=O) groups is 1. The minimum atomic E-state index is -1.01. The number of hydrogen-bond donors (Lipinski definition) is 1. The molecule has 1 amide bonds. The number of hydrogen-bond acceptors (Lipinski definition) is 9. The van der Waals surface area contributed by atoms with Crippen molar-refractivity contribution in [3.63, 3.8) is 0 Å². The van der Waals surface area contributed by atoms with Gasteiger partial charge in [0.1, 0.15) is 24.8 Å². The lowest BCUT2D eigenvalue weighted by molar-refractivity contribution is 0.0224. The molecule has 244 valence electrons. The Hall–Kier alpha value is -5.47. The molecule has 2 aromatic heterocycles. The summed E-state index contributed by atoms with van der Waals surface area (Å²) in [6.07, 6.45) is 0.514. The van der Waals surface area contributed by atoms with Crippen molar-refractivity contribution in [2.45, 2.75) is 6.92 Å². The average molecular weight is 649 g/mol. The maximum absolute atomic E-state index is 15.3. The van der Waals surface area contributed by atoms with Gasteiger partial charge in [-0.1, -0.05) is 0 Å². The molecule has 0 aliphatic carbocycles. The number of pyridine rings is 1. The molecular weight excluding hydrogens is 618 g/mol. The number of ether oxygens (including phenoxy) is 6. The van der Waals surface area contributed by atoms with Crippen molar-refractivity contribution < 1.29 is 42.0 Å². The van der Waals surface area contributed by atoms with Crippen molar-refractivity contribution in [1.29, 1.82) is 0 Å². The normalized spacial score (nSPS) is 13.8. The van der Waals surface area contributed by atoms with Crippen LogP contribution in [0.5, 0.6) is 28.7 Å². The van der Waals surface area contributed by atoms with Crippen LogP contribution < -0.4 is 29.8 Å². The molecule has 5 aromatic rings. The van der Waals surface area contributed by atoms with Gasteiger partial charge in [-0.2, -0.15) is 0 Å². The highest BCUT2D eigenvalue weighted by Gasteiger charge is 2.21. The van der Waals surface area contributed by atoms with E-state index in [0.29, 0.717) is 72.6 Å². The van der Waals surface area contributed by atoms with Crippen molar-refractivity contribution in [3.05, 3.63) is 94.5 Å². The first-order chi connectivity index (χ1) is 22.8. The van der Waals surface area contributed by atoms with E-state index in [-0.39, 0.29) is 23.8 Å². The van der Waals surface area contributed by atoms with E-state index in [2.05, 4.69) is 10.3 Å². The van der Waals surface area contributed by atoms with Gasteiger partial charge in [0.15, 0.2) is 23.1 Å². The molecule has 0 fully saturated rings. The molecule has 47 heavy (non-hydrogen) atoms. The molecule has 0 saturated carbocycles. The van der Waals surface area contributed by atoms with Gasteiger partial charge in [-0.05, 0) is 55.5 Å². The number of benzene rings is 3. The minimum absolute atomic E-state index is 0.0590. The summed E-state index contributed by atoms with van der Waals surface area (Å²) in [5, 5.41) is 2.97. The Morgan fingerprint density at radius 2 is 1.55 bits per heavy atom. The zero-order valence-electron chi connectivity index (χ0n) is 25.5. The second kappa shape index (κ2) is 13.9. The lowest BCUT2D eigenvalue weighted by atomic mass is 10.1. The van der Waals surface area contributed by atoms with Crippen LogP contribution in [0.15, 0.2) is 71.7 Å². The van der Waals surface area contributed by atoms with Gasteiger partial charge in [0, 0.05) is 36.5 Å². The summed E-state index contributed by atoms with van der Waals surface area (Å²) in [5.41, 5.74) is 0.687. The smallest absolute Gasteiger partial charge is 0.417 e. The minimum Gasteiger partial charge on any atom is -0.487 e. The van der Waals surface area contributed by atoms with Gasteiger partial charge in [-0.25, -0.2) is 18.3 Å². The van der Waals surface area contributed by atoms with E-state index in [1.165, 1.54) is 52.0 Å². The van der Waals surface area contributed by atoms with E-state index < -0.39 is 23.3 Å². The van der Waals surface area contributed by atoms with Gasteiger partial charge in [0.25, 0.3) is 0 Å². The van der Waals surface area contributed by atoms with Crippen LogP contribution in [0.2, 0.25) is 0 Å². The number of carbonyl (C=O) groups excluding carboxylic acids is 1. The van der Waals surface area contributed by atoms with Gasteiger partial charge in [0.05, 0.1) is 43.3 Å². The van der Waals surface area contributed by atoms with Gasteiger partial charge in [0.2, 0.25) is 5.75 Å². The number of aromatic nitrogens is 3. The first-order valence-electron chi connectivity index (χ1n) is 14.6. The fourth-order valence-corrected chi connectivity index (χ4v) is 4.88. The number of nitrogens with zero attached hydrogens (tertiary/aromatic N) is 3. The standard InChI is InChI=1S/C33H30F2N4O8/c1-20-31(32(40)39(38(20)2)23-6-3-21(34)4-7-23)47-33(41)37-22-5-8-28(25(35)17-22)46-27-9-10-36-26-19-30-29(18-24(26)27)44-15-13-42-11-12-43-14-16-45-30/h3-10,17-19H,11-16H2,1-2H3,(H,37,41). The van der Waals surface area contributed by atoms with E-state index in [1.807, 2.05) is 0 Å². The van der Waals surface area contributed by atoms with E-state index in [0.717, 1.165) is 6.07 Å². The molecule has 1 N–H and O–H groups in total. The third-order valence-corrected chi connectivity index (χ3v) is 7.27. The number of anilines is 1. The predicted octanol–water partition coefficient (Wildman–Crippen LogP) is 5.52. The van der Waals surface area contributed by atoms with Crippen molar-refractivity contribution in [3.8, 4) is 34.4 Å². The summed E-state index contributed by atoms with van der Waals surface area (Å²) in [7, 11) is 1.60.